The van der Waals surface area contributed by atoms with E-state index >= 15 is 0 Å². The zero-order valence-electron chi connectivity index (χ0n) is 19.1. The van der Waals surface area contributed by atoms with Gasteiger partial charge in [0, 0.05) is 13.0 Å². The van der Waals surface area contributed by atoms with Gasteiger partial charge >= 0.3 is 5.97 Å². The number of Topliss-reactive ketones (excluding diaryl/α,β-unsaturated/α-hetero) is 1. The molecular weight excluding hydrogens is 426 g/mol. The molecule has 1 atom stereocenters. The number of nitrogens with two attached hydrogens (primary N) is 1. The number of rotatable bonds is 9. The van der Waals surface area contributed by atoms with Crippen molar-refractivity contribution in [1.29, 1.82) is 0 Å². The highest BCUT2D eigenvalue weighted by atomic mass is 16.5. The lowest BCUT2D eigenvalue weighted by Crippen LogP contribution is -2.23. The van der Waals surface area contributed by atoms with Crippen molar-refractivity contribution < 1.29 is 19.1 Å². The van der Waals surface area contributed by atoms with Crippen LogP contribution in [0.4, 0.5) is 0 Å². The number of fused-ring (bicyclic) bond motifs is 1. The molecule has 172 valence electrons. The number of hydrogen-bond acceptors (Lipinski definition) is 5. The first-order chi connectivity index (χ1) is 16.6. The van der Waals surface area contributed by atoms with Gasteiger partial charge in [0.05, 0.1) is 18.6 Å². The summed E-state index contributed by atoms with van der Waals surface area (Å²) in [7, 11) is 1.57. The molecule has 5 nitrogen and oxygen atoms in total. The molecular formula is C29H27NO4. The van der Waals surface area contributed by atoms with E-state index in [9.17, 15) is 9.59 Å². The molecule has 0 aliphatic carbocycles. The monoisotopic (exact) mass is 453 g/mol. The Balaban J connectivity index is 1.37. The van der Waals surface area contributed by atoms with Crippen LogP contribution in [0.25, 0.3) is 10.8 Å². The Morgan fingerprint density at radius 2 is 1.50 bits per heavy atom. The van der Waals surface area contributed by atoms with Gasteiger partial charge in [0.2, 0.25) is 0 Å². The van der Waals surface area contributed by atoms with Crippen LogP contribution in [0.2, 0.25) is 0 Å². The Kier molecular flexibility index (Phi) is 7.35. The van der Waals surface area contributed by atoms with Crippen molar-refractivity contribution in [2.75, 3.05) is 13.7 Å². The van der Waals surface area contributed by atoms with E-state index in [4.69, 9.17) is 15.2 Å². The van der Waals surface area contributed by atoms with E-state index in [0.29, 0.717) is 17.7 Å². The van der Waals surface area contributed by atoms with Crippen LogP contribution in [0, 0.1) is 0 Å². The molecule has 1 unspecified atom stereocenters. The summed E-state index contributed by atoms with van der Waals surface area (Å²) in [6.45, 7) is 0.377. The van der Waals surface area contributed by atoms with Crippen molar-refractivity contribution in [2.24, 2.45) is 5.73 Å². The molecule has 4 rings (SSSR count). The minimum atomic E-state index is -0.405. The molecule has 0 aliphatic rings. The van der Waals surface area contributed by atoms with E-state index in [1.54, 1.807) is 31.4 Å². The van der Waals surface area contributed by atoms with Crippen LogP contribution in [0.15, 0.2) is 91.0 Å². The summed E-state index contributed by atoms with van der Waals surface area (Å²) in [4.78, 5) is 25.3. The molecule has 5 heteroatoms. The van der Waals surface area contributed by atoms with Crippen LogP contribution in [0.5, 0.6) is 5.75 Å². The van der Waals surface area contributed by atoms with E-state index in [0.717, 1.165) is 27.5 Å². The number of esters is 1. The number of ether oxygens (including phenoxy) is 2. The van der Waals surface area contributed by atoms with Crippen molar-refractivity contribution in [1.82, 2.24) is 0 Å². The maximum Gasteiger partial charge on any atom is 0.338 e. The van der Waals surface area contributed by atoms with Crippen LogP contribution in [0.3, 0.4) is 0 Å². The third kappa shape index (κ3) is 5.50. The fourth-order valence-electron chi connectivity index (χ4n) is 3.93. The Hall–Kier alpha value is -3.96. The fourth-order valence-corrected chi connectivity index (χ4v) is 3.93. The molecule has 0 amide bonds. The van der Waals surface area contributed by atoms with Crippen molar-refractivity contribution in [3.05, 3.63) is 113 Å². The van der Waals surface area contributed by atoms with Crippen molar-refractivity contribution >= 4 is 22.5 Å². The predicted molar refractivity (Wildman–Crippen MR) is 133 cm³/mol. The average molecular weight is 454 g/mol. The minimum Gasteiger partial charge on any atom is -0.497 e. The van der Waals surface area contributed by atoms with Gasteiger partial charge in [-0.2, -0.15) is 0 Å². The Morgan fingerprint density at radius 3 is 2.18 bits per heavy atom. The van der Waals surface area contributed by atoms with Crippen LogP contribution < -0.4 is 10.5 Å². The van der Waals surface area contributed by atoms with E-state index in [1.165, 1.54) is 0 Å². The molecule has 0 fully saturated rings. The highest BCUT2D eigenvalue weighted by molar-refractivity contribution is 5.90. The van der Waals surface area contributed by atoms with Crippen molar-refractivity contribution in [3.8, 4) is 5.75 Å². The Labute approximate surface area is 199 Å². The van der Waals surface area contributed by atoms with Gasteiger partial charge in [-0.3, -0.25) is 4.79 Å². The SMILES string of the molecule is COc1ccc(C(=O)OCc2ccc(C(CN)C(=O)Cc3ccc4ccccc4c3)cc2)cc1. The van der Waals surface area contributed by atoms with E-state index < -0.39 is 5.97 Å². The van der Waals surface area contributed by atoms with Gasteiger partial charge in [-0.05, 0) is 51.7 Å². The molecule has 0 spiro atoms. The molecule has 2 N–H and O–H groups in total. The molecule has 0 bridgehead atoms. The summed E-state index contributed by atoms with van der Waals surface area (Å²) in [5.74, 6) is -0.0345. The Morgan fingerprint density at radius 1 is 0.824 bits per heavy atom. The highest BCUT2D eigenvalue weighted by Gasteiger charge is 2.19. The molecule has 4 aromatic carbocycles. The zero-order chi connectivity index (χ0) is 23.9. The second kappa shape index (κ2) is 10.8. The van der Waals surface area contributed by atoms with Gasteiger partial charge in [0.25, 0.3) is 0 Å². The molecule has 0 radical (unpaired) electrons. The van der Waals surface area contributed by atoms with Crippen LogP contribution in [0.1, 0.15) is 33.0 Å². The second-order valence-electron chi connectivity index (χ2n) is 8.16. The maximum atomic E-state index is 13.0. The summed E-state index contributed by atoms with van der Waals surface area (Å²) >= 11 is 0. The summed E-state index contributed by atoms with van der Waals surface area (Å²) in [6, 6.07) is 28.4. The number of methoxy groups -OCH3 is 1. The van der Waals surface area contributed by atoms with Crippen molar-refractivity contribution in [2.45, 2.75) is 18.9 Å². The van der Waals surface area contributed by atoms with Crippen molar-refractivity contribution in [3.63, 3.8) is 0 Å². The molecule has 0 saturated carbocycles. The van der Waals surface area contributed by atoms with Gasteiger partial charge in [-0.1, -0.05) is 66.7 Å². The number of hydrogen-bond donors (Lipinski definition) is 1. The maximum absolute atomic E-state index is 13.0. The average Bonchev–Trinajstić information content (AvgIpc) is 2.88. The normalized spacial score (nSPS) is 11.7. The summed E-state index contributed by atoms with van der Waals surface area (Å²) in [5.41, 5.74) is 9.10. The number of carbonyl (C=O) groups excluding carboxylic acids is 2. The second-order valence-corrected chi connectivity index (χ2v) is 8.16. The first-order valence-electron chi connectivity index (χ1n) is 11.2. The lowest BCUT2D eigenvalue weighted by molar-refractivity contribution is -0.119. The lowest BCUT2D eigenvalue weighted by atomic mass is 9.90. The minimum absolute atomic E-state index is 0.0801. The van der Waals surface area contributed by atoms with E-state index in [2.05, 4.69) is 12.1 Å². The number of ketones is 1. The third-order valence-electron chi connectivity index (χ3n) is 5.89. The van der Waals surface area contributed by atoms with Gasteiger partial charge in [-0.25, -0.2) is 4.79 Å². The first-order valence-corrected chi connectivity index (χ1v) is 11.2. The van der Waals surface area contributed by atoms with Crippen LogP contribution in [-0.4, -0.2) is 25.4 Å². The standard InChI is InChI=1S/C29H27NO4/c1-33-26-14-12-24(13-15-26)29(32)34-19-20-6-10-23(11-7-20)27(18-30)28(31)17-21-8-9-22-4-2-3-5-25(22)16-21/h2-16,27H,17-19,30H2,1H3. The van der Waals surface area contributed by atoms with Gasteiger partial charge < -0.3 is 15.2 Å². The van der Waals surface area contributed by atoms with Gasteiger partial charge in [0.1, 0.15) is 18.1 Å². The summed E-state index contributed by atoms with van der Waals surface area (Å²) in [5, 5.41) is 2.27. The van der Waals surface area contributed by atoms with Crippen LogP contribution >= 0.6 is 0 Å². The topological polar surface area (TPSA) is 78.6 Å². The number of benzene rings is 4. The quantitative estimate of drug-likeness (QED) is 0.359. The highest BCUT2D eigenvalue weighted by Crippen LogP contribution is 2.22. The number of carbonyl (C=O) groups is 2. The summed E-state index contributed by atoms with van der Waals surface area (Å²) in [6.07, 6.45) is 0.327. The van der Waals surface area contributed by atoms with Gasteiger partial charge in [0.15, 0.2) is 0 Å². The lowest BCUT2D eigenvalue weighted by Gasteiger charge is -2.15. The molecule has 0 heterocycles. The van der Waals surface area contributed by atoms with E-state index in [-0.39, 0.29) is 24.9 Å². The summed E-state index contributed by atoms with van der Waals surface area (Å²) < 4.78 is 10.5. The fraction of sp³-hybridized carbons (Fsp3) is 0.172. The smallest absolute Gasteiger partial charge is 0.338 e. The van der Waals surface area contributed by atoms with E-state index in [1.807, 2.05) is 54.6 Å². The molecule has 4 aromatic rings. The Bertz CT molecular complexity index is 1280. The third-order valence-corrected chi connectivity index (χ3v) is 5.89. The van der Waals surface area contributed by atoms with Gasteiger partial charge in [-0.15, -0.1) is 0 Å². The molecule has 0 saturated heterocycles. The molecule has 0 aromatic heterocycles. The molecule has 34 heavy (non-hydrogen) atoms. The molecule has 0 aliphatic heterocycles. The largest absolute Gasteiger partial charge is 0.497 e. The zero-order valence-corrected chi connectivity index (χ0v) is 19.1. The first kappa shape index (κ1) is 23.2. The van der Waals surface area contributed by atoms with Crippen LogP contribution in [-0.2, 0) is 22.6 Å². The predicted octanol–water partition coefficient (Wildman–Crippen LogP) is 5.06.